The topological polar surface area (TPSA) is 93.5 Å². The first-order valence-electron chi connectivity index (χ1n) is 4.02. The lowest BCUT2D eigenvalue weighted by Crippen LogP contribution is -2.25. The summed E-state index contributed by atoms with van der Waals surface area (Å²) in [6, 6.07) is 4.43. The number of fused-ring (bicyclic) bond motifs is 1. The third kappa shape index (κ3) is 1.37. The smallest absolute Gasteiger partial charge is 0.271 e. The Labute approximate surface area is 79.6 Å². The van der Waals surface area contributed by atoms with Crippen LogP contribution in [0.2, 0.25) is 0 Å². The Morgan fingerprint density at radius 1 is 1.57 bits per heavy atom. The van der Waals surface area contributed by atoms with Gasteiger partial charge in [0.05, 0.1) is 22.8 Å². The molecule has 1 heterocycles. The van der Waals surface area contributed by atoms with Crippen LogP contribution in [0.15, 0.2) is 23.2 Å². The molecule has 0 saturated heterocycles. The molecule has 0 aromatic heterocycles. The van der Waals surface area contributed by atoms with E-state index in [-0.39, 0.29) is 5.69 Å². The number of anilines is 1. The molecule has 0 radical (unpaired) electrons. The standard InChI is InChI=1S/C8H8N4O2/c9-8-4-10-7-3-5(12(13)14)1-2-6(7)11-8/h1-3,10H,4H2,(H2,9,11). The largest absolute Gasteiger partial charge is 0.386 e. The molecule has 0 unspecified atom stereocenters. The molecule has 0 atom stereocenters. The number of nitrogens with one attached hydrogen (secondary N) is 1. The van der Waals surface area contributed by atoms with Crippen LogP contribution in [0.5, 0.6) is 0 Å². The molecule has 0 aliphatic carbocycles. The SMILES string of the molecule is NC1=Nc2ccc([N+](=O)[O-])cc2NC1. The first kappa shape index (κ1) is 8.49. The molecule has 0 bridgehead atoms. The molecular formula is C8H8N4O2. The maximum atomic E-state index is 10.5. The number of nitro benzene ring substituents is 1. The molecule has 72 valence electrons. The van der Waals surface area contributed by atoms with Gasteiger partial charge >= 0.3 is 0 Å². The molecular weight excluding hydrogens is 184 g/mol. The van der Waals surface area contributed by atoms with Crippen molar-refractivity contribution in [2.75, 3.05) is 11.9 Å². The Kier molecular flexibility index (Phi) is 1.81. The summed E-state index contributed by atoms with van der Waals surface area (Å²) in [4.78, 5) is 14.1. The highest BCUT2D eigenvalue weighted by atomic mass is 16.6. The van der Waals surface area contributed by atoms with Gasteiger partial charge in [0, 0.05) is 12.1 Å². The predicted octanol–water partition coefficient (Wildman–Crippen LogP) is 1.01. The minimum absolute atomic E-state index is 0.0481. The molecule has 6 nitrogen and oxygen atoms in total. The highest BCUT2D eigenvalue weighted by Crippen LogP contribution is 2.30. The van der Waals surface area contributed by atoms with Crippen LogP contribution in [0, 0.1) is 10.1 Å². The number of hydrogen-bond donors (Lipinski definition) is 2. The van der Waals surface area contributed by atoms with Gasteiger partial charge in [-0.2, -0.15) is 0 Å². The Morgan fingerprint density at radius 3 is 3.07 bits per heavy atom. The second kappa shape index (κ2) is 2.99. The molecule has 1 aliphatic rings. The molecule has 2 rings (SSSR count). The average Bonchev–Trinajstić information content (AvgIpc) is 2.16. The van der Waals surface area contributed by atoms with Gasteiger partial charge in [-0.3, -0.25) is 10.1 Å². The summed E-state index contributed by atoms with van der Waals surface area (Å²) in [7, 11) is 0. The molecule has 3 N–H and O–H groups in total. The summed E-state index contributed by atoms with van der Waals surface area (Å²) in [6.07, 6.45) is 0. The molecule has 0 fully saturated rings. The zero-order valence-corrected chi connectivity index (χ0v) is 7.23. The van der Waals surface area contributed by atoms with Gasteiger partial charge in [-0.05, 0) is 6.07 Å². The van der Waals surface area contributed by atoms with Crippen molar-refractivity contribution in [2.24, 2.45) is 10.7 Å². The van der Waals surface area contributed by atoms with Crippen molar-refractivity contribution < 1.29 is 4.92 Å². The van der Waals surface area contributed by atoms with Crippen LogP contribution in [0.25, 0.3) is 0 Å². The second-order valence-corrected chi connectivity index (χ2v) is 2.92. The van der Waals surface area contributed by atoms with E-state index in [9.17, 15) is 10.1 Å². The highest BCUT2D eigenvalue weighted by Gasteiger charge is 2.13. The molecule has 1 aromatic carbocycles. The van der Waals surface area contributed by atoms with Crippen LogP contribution in [-0.4, -0.2) is 17.3 Å². The van der Waals surface area contributed by atoms with Crippen LogP contribution in [-0.2, 0) is 0 Å². The summed E-state index contributed by atoms with van der Waals surface area (Å²) >= 11 is 0. The summed E-state index contributed by atoms with van der Waals surface area (Å²) in [5, 5.41) is 13.4. The minimum atomic E-state index is -0.441. The van der Waals surface area contributed by atoms with Gasteiger partial charge in [0.2, 0.25) is 0 Å². The second-order valence-electron chi connectivity index (χ2n) is 2.92. The predicted molar refractivity (Wildman–Crippen MR) is 52.9 cm³/mol. The molecule has 1 aliphatic heterocycles. The van der Waals surface area contributed by atoms with Gasteiger partial charge in [-0.25, -0.2) is 4.99 Å². The number of non-ortho nitro benzene ring substituents is 1. The van der Waals surface area contributed by atoms with Crippen molar-refractivity contribution in [3.05, 3.63) is 28.3 Å². The van der Waals surface area contributed by atoms with Crippen LogP contribution in [0.1, 0.15) is 0 Å². The zero-order valence-electron chi connectivity index (χ0n) is 7.23. The number of nitrogens with two attached hydrogens (primary N) is 1. The average molecular weight is 192 g/mol. The fourth-order valence-electron chi connectivity index (χ4n) is 1.26. The lowest BCUT2D eigenvalue weighted by Gasteiger charge is -2.14. The number of amidine groups is 1. The summed E-state index contributed by atoms with van der Waals surface area (Å²) < 4.78 is 0. The van der Waals surface area contributed by atoms with Crippen LogP contribution >= 0.6 is 0 Å². The van der Waals surface area contributed by atoms with E-state index in [1.165, 1.54) is 12.1 Å². The van der Waals surface area contributed by atoms with Crippen LogP contribution in [0.4, 0.5) is 17.1 Å². The minimum Gasteiger partial charge on any atom is -0.386 e. The maximum Gasteiger partial charge on any atom is 0.271 e. The third-order valence-corrected chi connectivity index (χ3v) is 1.91. The van der Waals surface area contributed by atoms with Crippen molar-refractivity contribution >= 4 is 22.9 Å². The van der Waals surface area contributed by atoms with Crippen molar-refractivity contribution in [2.45, 2.75) is 0 Å². The lowest BCUT2D eigenvalue weighted by molar-refractivity contribution is -0.384. The molecule has 0 amide bonds. The highest BCUT2D eigenvalue weighted by molar-refractivity contribution is 5.92. The number of nitrogens with zero attached hydrogens (tertiary/aromatic N) is 2. The number of hydrogen-bond acceptors (Lipinski definition) is 5. The molecule has 6 heteroatoms. The first-order valence-corrected chi connectivity index (χ1v) is 4.02. The van der Waals surface area contributed by atoms with Gasteiger partial charge in [-0.15, -0.1) is 0 Å². The van der Waals surface area contributed by atoms with E-state index in [0.29, 0.717) is 23.8 Å². The third-order valence-electron chi connectivity index (χ3n) is 1.91. The zero-order chi connectivity index (χ0) is 10.1. The van der Waals surface area contributed by atoms with Crippen LogP contribution < -0.4 is 11.1 Å². The van der Waals surface area contributed by atoms with Gasteiger partial charge in [0.25, 0.3) is 5.69 Å². The fourth-order valence-corrected chi connectivity index (χ4v) is 1.26. The summed E-state index contributed by atoms with van der Waals surface area (Å²) in [5.74, 6) is 0.478. The van der Waals surface area contributed by atoms with Crippen molar-refractivity contribution in [1.82, 2.24) is 0 Å². The van der Waals surface area contributed by atoms with Crippen molar-refractivity contribution in [3.63, 3.8) is 0 Å². The van der Waals surface area contributed by atoms with E-state index in [2.05, 4.69) is 10.3 Å². The summed E-state index contributed by atoms with van der Waals surface area (Å²) in [5.41, 5.74) is 6.83. The van der Waals surface area contributed by atoms with E-state index in [1.54, 1.807) is 6.07 Å². The van der Waals surface area contributed by atoms with E-state index in [0.717, 1.165) is 0 Å². The van der Waals surface area contributed by atoms with Crippen molar-refractivity contribution in [3.8, 4) is 0 Å². The van der Waals surface area contributed by atoms with E-state index in [1.807, 2.05) is 0 Å². The molecule has 1 aromatic rings. The Balaban J connectivity index is 2.47. The fraction of sp³-hybridized carbons (Fsp3) is 0.125. The quantitative estimate of drug-likeness (QED) is 0.512. The van der Waals surface area contributed by atoms with E-state index in [4.69, 9.17) is 5.73 Å². The van der Waals surface area contributed by atoms with Gasteiger partial charge in [-0.1, -0.05) is 0 Å². The summed E-state index contributed by atoms with van der Waals surface area (Å²) in [6.45, 7) is 0.425. The van der Waals surface area contributed by atoms with Gasteiger partial charge < -0.3 is 11.1 Å². The molecule has 0 spiro atoms. The van der Waals surface area contributed by atoms with Crippen molar-refractivity contribution in [1.29, 1.82) is 0 Å². The normalized spacial score (nSPS) is 13.9. The monoisotopic (exact) mass is 192 g/mol. The Morgan fingerprint density at radius 2 is 2.36 bits per heavy atom. The lowest BCUT2D eigenvalue weighted by atomic mass is 10.2. The number of aliphatic imine (C=N–C) groups is 1. The van der Waals surface area contributed by atoms with Crippen LogP contribution in [0.3, 0.4) is 0 Å². The van der Waals surface area contributed by atoms with E-state index >= 15 is 0 Å². The molecule has 0 saturated carbocycles. The van der Waals surface area contributed by atoms with Gasteiger partial charge in [0.15, 0.2) is 0 Å². The Hall–Kier alpha value is -2.11. The van der Waals surface area contributed by atoms with E-state index < -0.39 is 4.92 Å². The maximum absolute atomic E-state index is 10.5. The number of benzene rings is 1. The number of nitro groups is 1. The Bertz CT molecular complexity index is 427. The number of rotatable bonds is 1. The van der Waals surface area contributed by atoms with Gasteiger partial charge in [0.1, 0.15) is 5.84 Å². The first-order chi connectivity index (χ1) is 6.66. The molecule has 14 heavy (non-hydrogen) atoms.